The maximum Gasteiger partial charge on any atom is 0.414 e. The average Bonchev–Trinajstić information content (AvgIpc) is 3.11. The van der Waals surface area contributed by atoms with E-state index in [1.54, 1.807) is 38.2 Å². The molecule has 0 radical (unpaired) electrons. The Morgan fingerprint density at radius 1 is 0.860 bits per heavy atom. The van der Waals surface area contributed by atoms with Crippen LogP contribution in [0.25, 0.3) is 0 Å². The molecule has 11 heteroatoms. The van der Waals surface area contributed by atoms with Gasteiger partial charge in [0, 0.05) is 37.8 Å². The SMILES string of the molecule is CC=C(OC(=O)N(C)CC(C)NC(=O)[C@H](CCCN=C(N)N)NC(=O)c1ccccc1)C(CC(C)N(C)C)(c1ccccc1)c1ccccc1. The minimum absolute atomic E-state index is 0.0408. The van der Waals surface area contributed by atoms with Crippen LogP contribution < -0.4 is 22.1 Å². The Morgan fingerprint density at radius 3 is 1.90 bits per heavy atom. The van der Waals surface area contributed by atoms with E-state index >= 15 is 0 Å². The summed E-state index contributed by atoms with van der Waals surface area (Å²) in [5, 5.41) is 5.78. The topological polar surface area (TPSA) is 155 Å². The summed E-state index contributed by atoms with van der Waals surface area (Å²) < 4.78 is 6.28. The molecule has 6 N–H and O–H groups in total. The maximum atomic E-state index is 13.8. The minimum Gasteiger partial charge on any atom is -0.414 e. The molecule has 268 valence electrons. The summed E-state index contributed by atoms with van der Waals surface area (Å²) in [5.74, 6) is -0.279. The highest BCUT2D eigenvalue weighted by Crippen LogP contribution is 2.44. The molecule has 0 saturated heterocycles. The maximum absolute atomic E-state index is 13.8. The van der Waals surface area contributed by atoms with E-state index < -0.39 is 23.6 Å². The van der Waals surface area contributed by atoms with E-state index in [2.05, 4.69) is 51.7 Å². The van der Waals surface area contributed by atoms with Gasteiger partial charge in [0.25, 0.3) is 5.91 Å². The lowest BCUT2D eigenvalue weighted by atomic mass is 9.68. The van der Waals surface area contributed by atoms with Crippen LogP contribution in [-0.4, -0.2) is 86.0 Å². The smallest absolute Gasteiger partial charge is 0.414 e. The molecule has 50 heavy (non-hydrogen) atoms. The summed E-state index contributed by atoms with van der Waals surface area (Å²) in [6, 6.07) is 27.7. The Balaban J connectivity index is 1.79. The van der Waals surface area contributed by atoms with Crippen molar-refractivity contribution in [3.8, 4) is 0 Å². The fraction of sp³-hybridized carbons (Fsp3) is 0.385. The standard InChI is InChI=1S/C39H53N7O4/c1-7-34(39(26-29(3)45(4)5,31-20-13-9-14-21-31)32-22-15-10-16-23-32)50-38(49)46(6)27-28(2)43-36(48)33(24-17-25-42-37(40)41)44-35(47)30-18-11-8-12-19-30/h7-16,18-23,28-29,33H,17,24-27H2,1-6H3,(H,43,48)(H,44,47)(H4,40,41,42)/t28?,29?,33-/m0/s1. The summed E-state index contributed by atoms with van der Waals surface area (Å²) in [4.78, 5) is 47.8. The molecule has 0 heterocycles. The predicted octanol–water partition coefficient (Wildman–Crippen LogP) is 4.64. The Kier molecular flexibility index (Phi) is 15.0. The van der Waals surface area contributed by atoms with Gasteiger partial charge in [-0.1, -0.05) is 78.9 Å². The molecule has 3 rings (SSSR count). The van der Waals surface area contributed by atoms with Crippen molar-refractivity contribution < 1.29 is 19.1 Å². The molecule has 0 aromatic heterocycles. The molecule has 0 aliphatic carbocycles. The molecule has 0 fully saturated rings. The second kappa shape index (κ2) is 19.1. The van der Waals surface area contributed by atoms with Gasteiger partial charge >= 0.3 is 6.09 Å². The van der Waals surface area contributed by atoms with Gasteiger partial charge in [0.2, 0.25) is 5.91 Å². The zero-order chi connectivity index (χ0) is 36.7. The number of hydrogen-bond acceptors (Lipinski definition) is 6. The summed E-state index contributed by atoms with van der Waals surface area (Å²) in [6.07, 6.45) is 2.73. The highest BCUT2D eigenvalue weighted by Gasteiger charge is 2.42. The number of aliphatic imine (C=N–C) groups is 1. The van der Waals surface area contributed by atoms with Crippen LogP contribution in [-0.2, 0) is 14.9 Å². The van der Waals surface area contributed by atoms with E-state index in [4.69, 9.17) is 16.2 Å². The van der Waals surface area contributed by atoms with Crippen molar-refractivity contribution in [3.63, 3.8) is 0 Å². The van der Waals surface area contributed by atoms with Crippen molar-refractivity contribution in [1.29, 1.82) is 0 Å². The summed E-state index contributed by atoms with van der Waals surface area (Å²) in [7, 11) is 5.72. The molecule has 0 saturated carbocycles. The van der Waals surface area contributed by atoms with Crippen molar-refractivity contribution in [1.82, 2.24) is 20.4 Å². The lowest BCUT2D eigenvalue weighted by Crippen LogP contribution is -2.51. The number of carbonyl (C=O) groups is 3. The van der Waals surface area contributed by atoms with Gasteiger partial charge in [-0.3, -0.25) is 14.6 Å². The van der Waals surface area contributed by atoms with E-state index in [0.717, 1.165) is 11.1 Å². The first-order valence-corrected chi connectivity index (χ1v) is 17.0. The number of ether oxygens (including phenoxy) is 1. The van der Waals surface area contributed by atoms with Gasteiger partial charge in [0.1, 0.15) is 11.8 Å². The zero-order valence-corrected chi connectivity index (χ0v) is 30.1. The highest BCUT2D eigenvalue weighted by atomic mass is 16.6. The third kappa shape index (κ3) is 10.9. The van der Waals surface area contributed by atoms with Crippen molar-refractivity contribution in [2.45, 2.75) is 63.6 Å². The van der Waals surface area contributed by atoms with Crippen LogP contribution in [0.5, 0.6) is 0 Å². The molecular formula is C39H53N7O4. The molecule has 11 nitrogen and oxygen atoms in total. The van der Waals surface area contributed by atoms with Gasteiger partial charge in [-0.25, -0.2) is 4.79 Å². The average molecular weight is 684 g/mol. The van der Waals surface area contributed by atoms with Crippen LogP contribution >= 0.6 is 0 Å². The number of nitrogens with one attached hydrogen (secondary N) is 2. The number of allylic oxidation sites excluding steroid dienone is 2. The fourth-order valence-electron chi connectivity index (χ4n) is 5.90. The van der Waals surface area contributed by atoms with Crippen molar-refractivity contribution in [2.75, 3.05) is 34.2 Å². The van der Waals surface area contributed by atoms with Crippen molar-refractivity contribution >= 4 is 23.9 Å². The third-order valence-corrected chi connectivity index (χ3v) is 8.75. The quantitative estimate of drug-likeness (QED) is 0.0699. The number of benzene rings is 3. The van der Waals surface area contributed by atoms with Gasteiger partial charge in [-0.15, -0.1) is 0 Å². The van der Waals surface area contributed by atoms with Gasteiger partial charge in [0.05, 0.1) is 5.41 Å². The second-order valence-electron chi connectivity index (χ2n) is 12.8. The molecule has 0 aliphatic heterocycles. The fourth-order valence-corrected chi connectivity index (χ4v) is 5.90. The molecule has 0 bridgehead atoms. The summed E-state index contributed by atoms with van der Waals surface area (Å²) >= 11 is 0. The molecule has 0 aliphatic rings. The van der Waals surface area contributed by atoms with E-state index in [0.29, 0.717) is 37.1 Å². The largest absolute Gasteiger partial charge is 0.414 e. The molecule has 3 aromatic carbocycles. The van der Waals surface area contributed by atoms with Crippen LogP contribution in [0, 0.1) is 0 Å². The first-order chi connectivity index (χ1) is 23.9. The number of carbonyl (C=O) groups excluding carboxylic acids is 3. The zero-order valence-electron chi connectivity index (χ0n) is 30.1. The Morgan fingerprint density at radius 2 is 1.40 bits per heavy atom. The predicted molar refractivity (Wildman–Crippen MR) is 200 cm³/mol. The molecule has 3 aromatic rings. The van der Waals surface area contributed by atoms with Crippen LogP contribution in [0.3, 0.4) is 0 Å². The van der Waals surface area contributed by atoms with Crippen molar-refractivity contribution in [3.05, 3.63) is 120 Å². The molecule has 2 unspecified atom stereocenters. The number of likely N-dealkylation sites (N-methyl/N-ethyl adjacent to an activating group) is 1. The number of nitrogens with zero attached hydrogens (tertiary/aromatic N) is 3. The molecule has 0 spiro atoms. The van der Waals surface area contributed by atoms with Gasteiger partial charge < -0.3 is 36.6 Å². The number of amides is 3. The van der Waals surface area contributed by atoms with Crippen LogP contribution in [0.1, 0.15) is 61.5 Å². The lowest BCUT2D eigenvalue weighted by Gasteiger charge is -2.40. The molecule has 3 atom stereocenters. The highest BCUT2D eigenvalue weighted by molar-refractivity contribution is 5.97. The molecule has 3 amide bonds. The first kappa shape index (κ1) is 39.3. The van der Waals surface area contributed by atoms with E-state index in [-0.39, 0.29) is 30.4 Å². The summed E-state index contributed by atoms with van der Waals surface area (Å²) in [5.41, 5.74) is 12.6. The van der Waals surface area contributed by atoms with E-state index in [9.17, 15) is 14.4 Å². The van der Waals surface area contributed by atoms with Gasteiger partial charge in [-0.2, -0.15) is 0 Å². The number of hydrogen-bond donors (Lipinski definition) is 4. The normalized spacial score (nSPS) is 13.5. The Hall–Kier alpha value is -5.16. The van der Waals surface area contributed by atoms with Gasteiger partial charge in [0.15, 0.2) is 5.96 Å². The Labute approximate surface area is 296 Å². The van der Waals surface area contributed by atoms with Crippen LogP contribution in [0.2, 0.25) is 0 Å². The third-order valence-electron chi connectivity index (χ3n) is 8.75. The van der Waals surface area contributed by atoms with Crippen LogP contribution in [0.4, 0.5) is 4.79 Å². The second-order valence-corrected chi connectivity index (χ2v) is 12.8. The number of rotatable bonds is 17. The van der Waals surface area contributed by atoms with E-state index in [1.807, 2.05) is 69.6 Å². The minimum atomic E-state index is -0.845. The molecular weight excluding hydrogens is 630 g/mol. The first-order valence-electron chi connectivity index (χ1n) is 17.0. The Bertz CT molecular complexity index is 1540. The van der Waals surface area contributed by atoms with Crippen LogP contribution in [0.15, 0.2) is 108 Å². The number of guanidine groups is 1. The van der Waals surface area contributed by atoms with E-state index in [1.165, 1.54) is 4.90 Å². The van der Waals surface area contributed by atoms with Crippen molar-refractivity contribution in [2.24, 2.45) is 16.5 Å². The monoisotopic (exact) mass is 683 g/mol. The van der Waals surface area contributed by atoms with Gasteiger partial charge in [-0.05, 0) is 83.5 Å². The summed E-state index contributed by atoms with van der Waals surface area (Å²) in [6.45, 7) is 6.30. The lowest BCUT2D eigenvalue weighted by molar-refractivity contribution is -0.123. The number of nitrogens with two attached hydrogens (primary N) is 2.